The summed E-state index contributed by atoms with van der Waals surface area (Å²) < 4.78 is 26.3. The quantitative estimate of drug-likeness (QED) is 0.770. The Bertz CT molecular complexity index is 429. The molecule has 0 saturated heterocycles. The van der Waals surface area contributed by atoms with Gasteiger partial charge in [-0.1, -0.05) is 13.8 Å². The van der Waals surface area contributed by atoms with Gasteiger partial charge in [0.25, 0.3) is 5.92 Å². The lowest BCUT2D eigenvalue weighted by Gasteiger charge is -2.10. The number of aromatic nitrogens is 1. The molecule has 80 valence electrons. The van der Waals surface area contributed by atoms with Crippen LogP contribution in [0.3, 0.4) is 0 Å². The van der Waals surface area contributed by atoms with Crippen LogP contribution in [0.2, 0.25) is 0 Å². The molecular weight excluding hydrogens is 198 g/mol. The van der Waals surface area contributed by atoms with Crippen molar-refractivity contribution in [1.82, 2.24) is 4.98 Å². The highest BCUT2D eigenvalue weighted by molar-refractivity contribution is 5.63. The molecule has 1 N–H and O–H groups in total. The third kappa shape index (κ3) is 1.05. The Morgan fingerprint density at radius 2 is 2.20 bits per heavy atom. The average molecular weight is 210 g/mol. The smallest absolute Gasteiger partial charge is 0.277 e. The van der Waals surface area contributed by atoms with E-state index in [9.17, 15) is 8.78 Å². The summed E-state index contributed by atoms with van der Waals surface area (Å²) in [5.74, 6) is -2.24. The zero-order valence-electron chi connectivity index (χ0n) is 8.59. The van der Waals surface area contributed by atoms with Gasteiger partial charge in [0.1, 0.15) is 11.9 Å². The van der Waals surface area contributed by atoms with E-state index in [-0.39, 0.29) is 0 Å². The lowest BCUT2D eigenvalue weighted by molar-refractivity contribution is 0.106. The van der Waals surface area contributed by atoms with Crippen LogP contribution in [0.4, 0.5) is 14.6 Å². The van der Waals surface area contributed by atoms with Crippen molar-refractivity contribution < 1.29 is 8.78 Å². The van der Waals surface area contributed by atoms with Crippen molar-refractivity contribution in [2.75, 3.05) is 5.32 Å². The van der Waals surface area contributed by atoms with Crippen molar-refractivity contribution in [2.24, 2.45) is 0 Å². The number of rotatable bonds is 1. The molecule has 0 radical (unpaired) electrons. The van der Waals surface area contributed by atoms with Crippen LogP contribution < -0.4 is 5.32 Å². The molecule has 4 heteroatoms. The first-order valence-electron chi connectivity index (χ1n) is 5.16. The van der Waals surface area contributed by atoms with Crippen LogP contribution in [0.15, 0.2) is 12.3 Å². The van der Waals surface area contributed by atoms with Crippen LogP contribution in [-0.2, 0) is 0 Å². The highest BCUT2D eigenvalue weighted by Gasteiger charge is 2.73. The summed E-state index contributed by atoms with van der Waals surface area (Å²) in [4.78, 5) is 4.18. The standard InChI is InChI=1S/C11H12F2N2/c1-5(2)6-3-7-8-9(11(8,12)13)15-10(7)14-4-6/h3-5,8-9H,1-2H3,(H,14,15). The molecule has 3 rings (SSSR count). The van der Waals surface area contributed by atoms with Crippen LogP contribution in [-0.4, -0.2) is 16.9 Å². The van der Waals surface area contributed by atoms with E-state index in [0.717, 1.165) is 5.56 Å². The third-order valence-corrected chi connectivity index (χ3v) is 3.29. The molecule has 1 aromatic rings. The largest absolute Gasteiger partial charge is 0.360 e. The molecular formula is C11H12F2N2. The second-order valence-corrected chi connectivity index (χ2v) is 4.64. The summed E-state index contributed by atoms with van der Waals surface area (Å²) in [6.07, 6.45) is 1.76. The van der Waals surface area contributed by atoms with Crippen LogP contribution in [0.1, 0.15) is 36.8 Å². The molecule has 2 unspecified atom stereocenters. The lowest BCUT2D eigenvalue weighted by Crippen LogP contribution is -2.12. The molecule has 1 aliphatic heterocycles. The first kappa shape index (κ1) is 9.07. The molecule has 0 bridgehead atoms. The van der Waals surface area contributed by atoms with E-state index in [1.165, 1.54) is 0 Å². The summed E-state index contributed by atoms with van der Waals surface area (Å²) in [6.45, 7) is 4.07. The van der Waals surface area contributed by atoms with Crippen molar-refractivity contribution in [3.05, 3.63) is 23.4 Å². The minimum atomic E-state index is -2.57. The first-order valence-corrected chi connectivity index (χ1v) is 5.16. The van der Waals surface area contributed by atoms with Gasteiger partial charge in [0, 0.05) is 11.8 Å². The van der Waals surface area contributed by atoms with Crippen LogP contribution >= 0.6 is 0 Å². The fraction of sp³-hybridized carbons (Fsp3) is 0.545. The van der Waals surface area contributed by atoms with Gasteiger partial charge in [-0.2, -0.15) is 0 Å². The average Bonchev–Trinajstić information content (AvgIpc) is 2.59. The van der Waals surface area contributed by atoms with E-state index in [1.807, 2.05) is 19.9 Å². The summed E-state index contributed by atoms with van der Waals surface area (Å²) in [6, 6.07) is 1.16. The lowest BCUT2D eigenvalue weighted by atomic mass is 10.0. The van der Waals surface area contributed by atoms with Gasteiger partial charge in [0.2, 0.25) is 0 Å². The third-order valence-electron chi connectivity index (χ3n) is 3.29. The second-order valence-electron chi connectivity index (χ2n) is 4.64. The SMILES string of the molecule is CC(C)c1cnc2c(c1)C1C(N2)C1(F)F. The molecule has 1 saturated carbocycles. The monoisotopic (exact) mass is 210 g/mol. The van der Waals surface area contributed by atoms with Crippen LogP contribution in [0.25, 0.3) is 0 Å². The predicted octanol–water partition coefficient (Wildman–Crippen LogP) is 2.73. The number of alkyl halides is 2. The summed E-state index contributed by atoms with van der Waals surface area (Å²) >= 11 is 0. The Balaban J connectivity index is 2.03. The maximum absolute atomic E-state index is 13.2. The van der Waals surface area contributed by atoms with Gasteiger partial charge in [0.15, 0.2) is 0 Å². The van der Waals surface area contributed by atoms with Crippen LogP contribution in [0, 0.1) is 0 Å². The Hall–Kier alpha value is -1.19. The van der Waals surface area contributed by atoms with Crippen molar-refractivity contribution in [3.8, 4) is 0 Å². The molecule has 2 atom stereocenters. The number of halogens is 2. The summed E-state index contributed by atoms with van der Waals surface area (Å²) in [5.41, 5.74) is 1.72. The van der Waals surface area contributed by atoms with E-state index in [1.54, 1.807) is 6.20 Å². The molecule has 1 aromatic heterocycles. The Morgan fingerprint density at radius 3 is 2.87 bits per heavy atom. The van der Waals surface area contributed by atoms with Crippen molar-refractivity contribution in [2.45, 2.75) is 37.6 Å². The van der Waals surface area contributed by atoms with E-state index < -0.39 is 17.9 Å². The highest BCUT2D eigenvalue weighted by Crippen LogP contribution is 2.62. The second kappa shape index (κ2) is 2.49. The molecule has 0 aromatic carbocycles. The van der Waals surface area contributed by atoms with E-state index in [4.69, 9.17) is 0 Å². The summed E-state index contributed by atoms with van der Waals surface area (Å²) in [5, 5.41) is 2.77. The minimum Gasteiger partial charge on any atom is -0.360 e. The number of nitrogens with one attached hydrogen (secondary N) is 1. The molecule has 0 amide bonds. The number of anilines is 1. The number of nitrogens with zero attached hydrogens (tertiary/aromatic N) is 1. The van der Waals surface area contributed by atoms with E-state index in [2.05, 4.69) is 10.3 Å². The normalized spacial score (nSPS) is 29.7. The summed E-state index contributed by atoms with van der Waals surface area (Å²) in [7, 11) is 0. The van der Waals surface area contributed by atoms with Gasteiger partial charge in [-0.25, -0.2) is 13.8 Å². The molecule has 1 fully saturated rings. The van der Waals surface area contributed by atoms with Gasteiger partial charge >= 0.3 is 0 Å². The molecule has 0 spiro atoms. The zero-order valence-corrected chi connectivity index (χ0v) is 8.59. The maximum atomic E-state index is 13.2. The Labute approximate surface area is 86.7 Å². The van der Waals surface area contributed by atoms with Crippen molar-refractivity contribution in [3.63, 3.8) is 0 Å². The number of fused-ring (bicyclic) bond motifs is 3. The fourth-order valence-electron chi connectivity index (χ4n) is 2.21. The van der Waals surface area contributed by atoms with E-state index in [0.29, 0.717) is 17.3 Å². The van der Waals surface area contributed by atoms with Crippen molar-refractivity contribution in [1.29, 1.82) is 0 Å². The Morgan fingerprint density at radius 1 is 1.47 bits per heavy atom. The van der Waals surface area contributed by atoms with Gasteiger partial charge in [-0.3, -0.25) is 0 Å². The highest BCUT2D eigenvalue weighted by atomic mass is 19.3. The topological polar surface area (TPSA) is 24.9 Å². The van der Waals surface area contributed by atoms with Crippen LogP contribution in [0.5, 0.6) is 0 Å². The van der Waals surface area contributed by atoms with Gasteiger partial charge < -0.3 is 5.32 Å². The minimum absolute atomic E-state index is 0.328. The van der Waals surface area contributed by atoms with E-state index >= 15 is 0 Å². The zero-order chi connectivity index (χ0) is 10.8. The van der Waals surface area contributed by atoms with Gasteiger partial charge in [0.05, 0.1) is 5.92 Å². The Kier molecular flexibility index (Phi) is 1.50. The molecule has 1 aliphatic carbocycles. The molecule has 15 heavy (non-hydrogen) atoms. The molecule has 2 aliphatic rings. The maximum Gasteiger partial charge on any atom is 0.277 e. The number of hydrogen-bond donors (Lipinski definition) is 1. The van der Waals surface area contributed by atoms with Gasteiger partial charge in [-0.05, 0) is 17.5 Å². The first-order chi connectivity index (χ1) is 7.01. The number of hydrogen-bond acceptors (Lipinski definition) is 2. The molecule has 2 nitrogen and oxygen atoms in total. The fourth-order valence-corrected chi connectivity index (χ4v) is 2.21. The molecule has 2 heterocycles. The predicted molar refractivity (Wildman–Crippen MR) is 53.4 cm³/mol. The van der Waals surface area contributed by atoms with Crippen molar-refractivity contribution >= 4 is 5.82 Å². The van der Waals surface area contributed by atoms with Gasteiger partial charge in [-0.15, -0.1) is 0 Å². The number of pyridine rings is 1.